The Morgan fingerprint density at radius 1 is 1.32 bits per heavy atom. The number of carbonyl (C=O) groups excluding carboxylic acids is 1. The Morgan fingerprint density at radius 2 is 2.04 bits per heavy atom. The monoisotopic (exact) mass is 379 g/mol. The minimum absolute atomic E-state index is 0.0883. The van der Waals surface area contributed by atoms with Gasteiger partial charge in [-0.2, -0.15) is 0 Å². The summed E-state index contributed by atoms with van der Waals surface area (Å²) in [5.74, 6) is 0.494. The lowest BCUT2D eigenvalue weighted by Gasteiger charge is -2.39. The van der Waals surface area contributed by atoms with E-state index in [0.717, 1.165) is 41.5 Å². The largest absolute Gasteiger partial charge is 0.381 e. The molecule has 134 valence electrons. The van der Waals surface area contributed by atoms with Gasteiger partial charge in [0.25, 0.3) is 0 Å². The predicted molar refractivity (Wildman–Crippen MR) is 100 cm³/mol. The maximum absolute atomic E-state index is 12.8. The Balaban J connectivity index is 1.42. The lowest BCUT2D eigenvalue weighted by Crippen LogP contribution is -2.59. The number of rotatable bonds is 2. The highest BCUT2D eigenvalue weighted by Crippen LogP contribution is 2.35. The number of nitrogens with two attached hydrogens (primary N) is 1. The number of ether oxygens (including phenoxy) is 1. The van der Waals surface area contributed by atoms with E-state index in [-0.39, 0.29) is 5.91 Å². The number of carbonyl (C=O) groups is 1. The van der Waals surface area contributed by atoms with Crippen LogP contribution in [-0.2, 0) is 9.53 Å². The molecule has 0 spiro atoms. The number of hydrogen-bond acceptors (Lipinski definition) is 5. The summed E-state index contributed by atoms with van der Waals surface area (Å²) < 4.78 is 6.52. The van der Waals surface area contributed by atoms with Gasteiger partial charge in [0.1, 0.15) is 0 Å². The Hall–Kier alpha value is -1.21. The molecule has 3 heterocycles. The van der Waals surface area contributed by atoms with Gasteiger partial charge >= 0.3 is 0 Å². The zero-order chi connectivity index (χ0) is 17.4. The highest BCUT2D eigenvalue weighted by Gasteiger charge is 2.40. The van der Waals surface area contributed by atoms with Crippen LogP contribution in [0.5, 0.6) is 0 Å². The van der Waals surface area contributed by atoms with E-state index in [1.165, 1.54) is 4.70 Å². The van der Waals surface area contributed by atoms with Gasteiger partial charge in [-0.05, 0) is 43.9 Å². The molecule has 7 heteroatoms. The number of halogens is 1. The van der Waals surface area contributed by atoms with Gasteiger partial charge in [0.15, 0.2) is 0 Å². The van der Waals surface area contributed by atoms with Crippen molar-refractivity contribution in [3.8, 4) is 0 Å². The molecule has 4 rings (SSSR count). The van der Waals surface area contributed by atoms with E-state index in [2.05, 4.69) is 0 Å². The van der Waals surface area contributed by atoms with Crippen LogP contribution in [0.4, 0.5) is 0 Å². The molecule has 2 saturated heterocycles. The van der Waals surface area contributed by atoms with Crippen LogP contribution in [0.1, 0.15) is 36.6 Å². The first-order valence-electron chi connectivity index (χ1n) is 8.77. The van der Waals surface area contributed by atoms with E-state index >= 15 is 0 Å². The number of nitrogens with zero attached hydrogens (tertiary/aromatic N) is 2. The summed E-state index contributed by atoms with van der Waals surface area (Å²) in [5.41, 5.74) is 6.58. The fraction of sp³-hybridized carbons (Fsp3) is 0.556. The summed E-state index contributed by atoms with van der Waals surface area (Å²) in [4.78, 5) is 19.5. The van der Waals surface area contributed by atoms with Crippen molar-refractivity contribution >= 4 is 39.1 Å². The SMILES string of the molecule is NC1(C(=O)N2CCC(c3nc4cc(Cl)ccc4s3)CC2)CCOCC1. The lowest BCUT2D eigenvalue weighted by molar-refractivity contribution is -0.141. The molecule has 0 aliphatic carbocycles. The summed E-state index contributed by atoms with van der Waals surface area (Å²) in [6.07, 6.45) is 3.10. The lowest BCUT2D eigenvalue weighted by atomic mass is 9.88. The quantitative estimate of drug-likeness (QED) is 0.870. The van der Waals surface area contributed by atoms with Crippen molar-refractivity contribution < 1.29 is 9.53 Å². The molecule has 1 amide bonds. The first-order chi connectivity index (χ1) is 12.0. The van der Waals surface area contributed by atoms with E-state index in [4.69, 9.17) is 27.1 Å². The molecule has 1 aromatic carbocycles. The molecule has 2 N–H and O–H groups in total. The van der Waals surface area contributed by atoms with E-state index < -0.39 is 5.54 Å². The molecule has 2 aliphatic heterocycles. The maximum Gasteiger partial charge on any atom is 0.242 e. The van der Waals surface area contributed by atoms with Crippen molar-refractivity contribution in [2.24, 2.45) is 5.73 Å². The molecule has 0 bridgehead atoms. The average molecular weight is 380 g/mol. The van der Waals surface area contributed by atoms with Crippen LogP contribution >= 0.6 is 22.9 Å². The highest BCUT2D eigenvalue weighted by atomic mass is 35.5. The third-order valence-electron chi connectivity index (χ3n) is 5.31. The zero-order valence-corrected chi connectivity index (χ0v) is 15.6. The number of fused-ring (bicyclic) bond motifs is 1. The summed E-state index contributed by atoms with van der Waals surface area (Å²) in [6.45, 7) is 2.65. The number of hydrogen-bond donors (Lipinski definition) is 1. The highest BCUT2D eigenvalue weighted by molar-refractivity contribution is 7.18. The number of aromatic nitrogens is 1. The predicted octanol–water partition coefficient (Wildman–Crippen LogP) is 3.16. The molecule has 5 nitrogen and oxygen atoms in total. The zero-order valence-electron chi connectivity index (χ0n) is 14.0. The van der Waals surface area contributed by atoms with Crippen molar-refractivity contribution in [3.05, 3.63) is 28.2 Å². The van der Waals surface area contributed by atoms with Crippen molar-refractivity contribution in [2.45, 2.75) is 37.1 Å². The van der Waals surface area contributed by atoms with Crippen LogP contribution in [-0.4, -0.2) is 47.6 Å². The van der Waals surface area contributed by atoms with Gasteiger partial charge in [0, 0.05) is 37.2 Å². The van der Waals surface area contributed by atoms with Gasteiger partial charge in [-0.3, -0.25) is 4.79 Å². The maximum atomic E-state index is 12.8. The van der Waals surface area contributed by atoms with Crippen LogP contribution < -0.4 is 5.73 Å². The Kier molecular flexibility index (Phi) is 4.71. The molecule has 0 unspecified atom stereocenters. The second-order valence-corrected chi connectivity index (χ2v) is 8.50. The molecule has 0 radical (unpaired) electrons. The minimum Gasteiger partial charge on any atom is -0.381 e. The number of likely N-dealkylation sites (tertiary alicyclic amines) is 1. The van der Waals surface area contributed by atoms with Crippen LogP contribution in [0.3, 0.4) is 0 Å². The molecule has 1 aromatic heterocycles. The van der Waals surface area contributed by atoms with Gasteiger partial charge in [-0.1, -0.05) is 11.6 Å². The Bertz CT molecular complexity index is 780. The second-order valence-electron chi connectivity index (χ2n) is 7.00. The van der Waals surface area contributed by atoms with Gasteiger partial charge in [-0.15, -0.1) is 11.3 Å². The van der Waals surface area contributed by atoms with Gasteiger partial charge in [0.05, 0.1) is 20.8 Å². The van der Waals surface area contributed by atoms with Crippen LogP contribution in [0.2, 0.25) is 5.02 Å². The van der Waals surface area contributed by atoms with Crippen LogP contribution in [0.25, 0.3) is 10.2 Å². The number of amides is 1. The average Bonchev–Trinajstić information content (AvgIpc) is 3.05. The third-order valence-corrected chi connectivity index (χ3v) is 6.74. The van der Waals surface area contributed by atoms with Gasteiger partial charge in [0.2, 0.25) is 5.91 Å². The van der Waals surface area contributed by atoms with Crippen molar-refractivity contribution in [2.75, 3.05) is 26.3 Å². The third kappa shape index (κ3) is 3.40. The smallest absolute Gasteiger partial charge is 0.242 e. The summed E-state index contributed by atoms with van der Waals surface area (Å²) in [6, 6.07) is 5.85. The standard InChI is InChI=1S/C18H22ClN3O2S/c19-13-1-2-15-14(11-13)21-16(25-15)12-3-7-22(8-4-12)17(23)18(20)5-9-24-10-6-18/h1-2,11-12H,3-10,20H2. The van der Waals surface area contributed by atoms with Crippen LogP contribution in [0.15, 0.2) is 18.2 Å². The number of benzene rings is 1. The molecule has 25 heavy (non-hydrogen) atoms. The van der Waals surface area contributed by atoms with Gasteiger partial charge in [-0.25, -0.2) is 4.98 Å². The first kappa shape index (κ1) is 17.2. The summed E-state index contributed by atoms with van der Waals surface area (Å²) in [7, 11) is 0. The van der Waals surface area contributed by atoms with Crippen LogP contribution in [0, 0.1) is 0 Å². The number of piperidine rings is 1. The van der Waals surface area contributed by atoms with Crippen molar-refractivity contribution in [1.82, 2.24) is 9.88 Å². The fourth-order valence-electron chi connectivity index (χ4n) is 3.69. The molecule has 2 aromatic rings. The Labute approximate surface area is 156 Å². The summed E-state index contributed by atoms with van der Waals surface area (Å²) >= 11 is 7.79. The molecular formula is C18H22ClN3O2S. The van der Waals surface area contributed by atoms with E-state index in [1.54, 1.807) is 11.3 Å². The fourth-order valence-corrected chi connectivity index (χ4v) is 4.97. The molecule has 2 aliphatic rings. The topological polar surface area (TPSA) is 68.5 Å². The van der Waals surface area contributed by atoms with E-state index in [9.17, 15) is 4.79 Å². The van der Waals surface area contributed by atoms with E-state index in [0.29, 0.717) is 32.0 Å². The molecule has 0 atom stereocenters. The van der Waals surface area contributed by atoms with Crippen molar-refractivity contribution in [1.29, 1.82) is 0 Å². The molecule has 0 saturated carbocycles. The molecular weight excluding hydrogens is 358 g/mol. The molecule has 2 fully saturated rings. The van der Waals surface area contributed by atoms with E-state index in [1.807, 2.05) is 23.1 Å². The second kappa shape index (κ2) is 6.83. The first-order valence-corrected chi connectivity index (χ1v) is 9.97. The minimum atomic E-state index is -0.738. The Morgan fingerprint density at radius 3 is 2.76 bits per heavy atom. The summed E-state index contributed by atoms with van der Waals surface area (Å²) in [5, 5.41) is 1.87. The van der Waals surface area contributed by atoms with Crippen molar-refractivity contribution in [3.63, 3.8) is 0 Å². The van der Waals surface area contributed by atoms with Gasteiger partial charge < -0.3 is 15.4 Å². The normalized spacial score (nSPS) is 21.6. The number of thiazole rings is 1.